The molecular weight excluding hydrogens is 536 g/mol. The van der Waals surface area contributed by atoms with Gasteiger partial charge in [-0.25, -0.2) is 4.79 Å². The highest BCUT2D eigenvalue weighted by molar-refractivity contribution is 8.00. The number of allylic oxidation sites excluding steroid dienone is 1. The average molecular weight is 566 g/mol. The highest BCUT2D eigenvalue weighted by Gasteiger charge is 2.54. The summed E-state index contributed by atoms with van der Waals surface area (Å²) in [7, 11) is 3.24. The van der Waals surface area contributed by atoms with E-state index in [1.54, 1.807) is 12.2 Å². The number of hydrogen-bond acceptors (Lipinski definition) is 11. The van der Waals surface area contributed by atoms with Crippen molar-refractivity contribution in [1.82, 2.24) is 19.6 Å². The molecule has 0 saturated carbocycles. The number of aliphatic carboxylic acids is 1. The predicted molar refractivity (Wildman–Crippen MR) is 141 cm³/mol. The standard InChI is InChI=1S/C22H28N8O6S2/c1-4-30(2,10-6-8-13(23)31)9-5-7-12-11-37-20-15(19(33)29(20)16(12)21(34)35)25-18(32)14(27-36-3)17-26-22(24)38-28-17/h5-8,15,20H,4,9-11H2,1-3H3,(H5-,23,24,25,26,28,31,32,34,35)/p+1/b7-5+,8-6+,27-14-/t15-,20-,30?/m1/s1. The van der Waals surface area contributed by atoms with Gasteiger partial charge in [0.1, 0.15) is 24.2 Å². The normalized spacial score (nSPS) is 21.3. The SMILES string of the molecule is CC[N+](C)(C/C=C/C(N)=O)C/C=C/C1=C(C(=O)O)N2C(=O)[C@@H](NC(=O)/C(=N\OC)c3nsc(N)n3)[C@H]2SC1. The number of thioether (sulfide) groups is 1. The van der Waals surface area contributed by atoms with Crippen LogP contribution in [0.15, 0.2) is 40.7 Å². The first-order valence-electron chi connectivity index (χ1n) is 11.4. The Balaban J connectivity index is 1.74. The molecule has 1 aromatic rings. The smallest absolute Gasteiger partial charge is 0.352 e. The molecular formula is C22H29N8O6S2+. The summed E-state index contributed by atoms with van der Waals surface area (Å²) < 4.78 is 4.51. The van der Waals surface area contributed by atoms with Crippen LogP contribution in [-0.2, 0) is 24.0 Å². The Morgan fingerprint density at radius 2 is 2.05 bits per heavy atom. The monoisotopic (exact) mass is 565 g/mol. The molecule has 14 nitrogen and oxygen atoms in total. The van der Waals surface area contributed by atoms with Crippen LogP contribution in [-0.4, -0.2) is 104 Å². The lowest BCUT2D eigenvalue weighted by molar-refractivity contribution is -0.896. The molecule has 1 fully saturated rings. The molecule has 2 aliphatic rings. The van der Waals surface area contributed by atoms with Gasteiger partial charge in [0.05, 0.1) is 26.7 Å². The van der Waals surface area contributed by atoms with Crippen LogP contribution in [0.1, 0.15) is 12.7 Å². The molecule has 1 aromatic heterocycles. The summed E-state index contributed by atoms with van der Waals surface area (Å²) >= 11 is 2.20. The number of likely N-dealkylation sites (N-methyl/N-ethyl adjacent to an activating group) is 1. The lowest BCUT2D eigenvalue weighted by Crippen LogP contribution is -2.71. The number of carboxylic acid groups (broad SMARTS) is 1. The van der Waals surface area contributed by atoms with E-state index in [0.717, 1.165) is 18.1 Å². The van der Waals surface area contributed by atoms with E-state index < -0.39 is 35.1 Å². The summed E-state index contributed by atoms with van der Waals surface area (Å²) in [5, 5.41) is 15.6. The molecule has 1 unspecified atom stereocenters. The van der Waals surface area contributed by atoms with Gasteiger partial charge in [-0.2, -0.15) is 9.36 Å². The number of hydrogen-bond donors (Lipinski definition) is 4. The maximum atomic E-state index is 13.0. The molecule has 2 aliphatic heterocycles. The fraction of sp³-hybridized carbons (Fsp3) is 0.409. The number of quaternary nitrogens is 1. The fourth-order valence-electron chi connectivity index (χ4n) is 3.79. The maximum Gasteiger partial charge on any atom is 0.352 e. The molecule has 0 radical (unpaired) electrons. The van der Waals surface area contributed by atoms with Crippen LogP contribution in [0.3, 0.4) is 0 Å². The van der Waals surface area contributed by atoms with Crippen molar-refractivity contribution in [3.05, 3.63) is 41.4 Å². The highest BCUT2D eigenvalue weighted by Crippen LogP contribution is 2.40. The fourth-order valence-corrected chi connectivity index (χ4v) is 5.55. The Morgan fingerprint density at radius 1 is 1.34 bits per heavy atom. The second-order valence-electron chi connectivity index (χ2n) is 8.63. The number of amides is 3. The number of carbonyl (C=O) groups is 4. The Labute approximate surface area is 226 Å². The zero-order valence-corrected chi connectivity index (χ0v) is 22.6. The number of primary amides is 1. The van der Waals surface area contributed by atoms with E-state index in [0.29, 0.717) is 28.9 Å². The number of β-lactam (4-membered cyclic amide) rings is 1. The number of fused-ring (bicyclic) bond motifs is 1. The summed E-state index contributed by atoms with van der Waals surface area (Å²) in [4.78, 5) is 58.7. The third-order valence-electron chi connectivity index (χ3n) is 6.00. The summed E-state index contributed by atoms with van der Waals surface area (Å²) in [5.41, 5.74) is 10.8. The molecule has 3 rings (SSSR count). The maximum absolute atomic E-state index is 13.0. The summed E-state index contributed by atoms with van der Waals surface area (Å²) in [5.74, 6) is -2.81. The number of nitrogens with one attached hydrogen (secondary N) is 1. The van der Waals surface area contributed by atoms with Gasteiger partial charge in [-0.3, -0.25) is 19.3 Å². The van der Waals surface area contributed by atoms with Gasteiger partial charge in [-0.1, -0.05) is 11.2 Å². The highest BCUT2D eigenvalue weighted by atomic mass is 32.2. The summed E-state index contributed by atoms with van der Waals surface area (Å²) in [6.45, 7) is 3.89. The van der Waals surface area contributed by atoms with E-state index in [-0.39, 0.29) is 22.4 Å². The first-order chi connectivity index (χ1) is 18.0. The summed E-state index contributed by atoms with van der Waals surface area (Å²) in [6, 6.07) is -0.970. The van der Waals surface area contributed by atoms with Crippen molar-refractivity contribution in [2.75, 3.05) is 45.3 Å². The minimum absolute atomic E-state index is 0.0482. The van der Waals surface area contributed by atoms with E-state index >= 15 is 0 Å². The second kappa shape index (κ2) is 12.2. The Hall–Kier alpha value is -3.76. The topological polar surface area (TPSA) is 203 Å². The molecule has 0 bridgehead atoms. The number of aromatic nitrogens is 2. The van der Waals surface area contributed by atoms with Crippen LogP contribution < -0.4 is 16.8 Å². The Morgan fingerprint density at radius 3 is 2.63 bits per heavy atom. The van der Waals surface area contributed by atoms with Gasteiger partial charge in [-0.15, -0.1) is 11.8 Å². The molecule has 0 aliphatic carbocycles. The van der Waals surface area contributed by atoms with Gasteiger partial charge < -0.3 is 31.2 Å². The van der Waals surface area contributed by atoms with Gasteiger partial charge in [0.2, 0.25) is 17.4 Å². The molecule has 0 spiro atoms. The van der Waals surface area contributed by atoms with Gasteiger partial charge in [0.15, 0.2) is 5.13 Å². The largest absolute Gasteiger partial charge is 0.477 e. The number of carbonyl (C=O) groups excluding carboxylic acids is 3. The second-order valence-corrected chi connectivity index (χ2v) is 10.5. The molecule has 0 aromatic carbocycles. The Kier molecular flexibility index (Phi) is 9.24. The zero-order valence-electron chi connectivity index (χ0n) is 21.0. The number of carboxylic acids is 1. The molecule has 38 heavy (non-hydrogen) atoms. The van der Waals surface area contributed by atoms with Crippen LogP contribution in [0, 0.1) is 0 Å². The lowest BCUT2D eigenvalue weighted by Gasteiger charge is -2.49. The van der Waals surface area contributed by atoms with Crippen molar-refractivity contribution in [3.8, 4) is 0 Å². The minimum Gasteiger partial charge on any atom is -0.477 e. The van der Waals surface area contributed by atoms with Crippen LogP contribution in [0.25, 0.3) is 0 Å². The Bertz CT molecular complexity index is 1240. The number of anilines is 1. The van der Waals surface area contributed by atoms with Gasteiger partial charge >= 0.3 is 5.97 Å². The third-order valence-corrected chi connectivity index (χ3v) is 7.84. The molecule has 204 valence electrons. The zero-order chi connectivity index (χ0) is 28.0. The number of rotatable bonds is 12. The number of nitrogens with two attached hydrogens (primary N) is 2. The first kappa shape index (κ1) is 28.8. The van der Waals surface area contributed by atoms with Crippen LogP contribution in [0.4, 0.5) is 5.13 Å². The van der Waals surface area contributed by atoms with Gasteiger partial charge in [0.25, 0.3) is 11.8 Å². The average Bonchev–Trinajstić information content (AvgIpc) is 3.30. The molecule has 3 atom stereocenters. The van der Waals surface area contributed by atoms with Crippen molar-refractivity contribution in [2.24, 2.45) is 10.9 Å². The number of oxime groups is 1. The van der Waals surface area contributed by atoms with E-state index in [1.807, 2.05) is 20.0 Å². The predicted octanol–water partition coefficient (Wildman–Crippen LogP) is -0.726. The van der Waals surface area contributed by atoms with Crippen LogP contribution >= 0.6 is 23.3 Å². The van der Waals surface area contributed by atoms with E-state index in [4.69, 9.17) is 16.3 Å². The van der Waals surface area contributed by atoms with Crippen molar-refractivity contribution in [3.63, 3.8) is 0 Å². The molecule has 3 amide bonds. The number of nitrogens with zero attached hydrogens (tertiary/aromatic N) is 5. The molecule has 3 heterocycles. The van der Waals surface area contributed by atoms with Crippen molar-refractivity contribution in [1.29, 1.82) is 0 Å². The van der Waals surface area contributed by atoms with E-state index in [1.165, 1.54) is 29.8 Å². The van der Waals surface area contributed by atoms with Gasteiger partial charge in [0, 0.05) is 23.4 Å². The molecule has 6 N–H and O–H groups in total. The van der Waals surface area contributed by atoms with E-state index in [2.05, 4.69) is 19.8 Å². The lowest BCUT2D eigenvalue weighted by atomic mass is 10.0. The molecule has 1 saturated heterocycles. The third kappa shape index (κ3) is 6.38. The van der Waals surface area contributed by atoms with Crippen LogP contribution in [0.5, 0.6) is 0 Å². The minimum atomic E-state index is -1.24. The van der Waals surface area contributed by atoms with Gasteiger partial charge in [-0.05, 0) is 24.6 Å². The first-order valence-corrected chi connectivity index (χ1v) is 13.2. The summed E-state index contributed by atoms with van der Waals surface area (Å²) in [6.07, 6.45) is 6.58. The van der Waals surface area contributed by atoms with Crippen molar-refractivity contribution < 1.29 is 33.6 Å². The van der Waals surface area contributed by atoms with Crippen molar-refractivity contribution in [2.45, 2.75) is 18.3 Å². The number of nitrogen functional groups attached to an aromatic ring is 1. The molecule has 16 heteroatoms. The van der Waals surface area contributed by atoms with E-state index in [9.17, 15) is 24.3 Å². The quantitative estimate of drug-likeness (QED) is 0.0822. The van der Waals surface area contributed by atoms with Crippen LogP contribution in [0.2, 0.25) is 0 Å². The van der Waals surface area contributed by atoms with Crippen molar-refractivity contribution >= 4 is 57.8 Å².